The predicted octanol–water partition coefficient (Wildman–Crippen LogP) is 1.49. The van der Waals surface area contributed by atoms with Crippen LogP contribution in [0.5, 0.6) is 0 Å². The number of amides is 1. The summed E-state index contributed by atoms with van der Waals surface area (Å²) in [5, 5.41) is 10.0. The normalized spacial score (nSPS) is 19.6. The first-order valence-electron chi connectivity index (χ1n) is 7.83. The zero-order valence-electron chi connectivity index (χ0n) is 12.9. The molecule has 0 aliphatic carbocycles. The van der Waals surface area contributed by atoms with E-state index in [4.69, 9.17) is 12.2 Å². The van der Waals surface area contributed by atoms with E-state index in [-0.39, 0.29) is 11.9 Å². The third-order valence-corrected chi connectivity index (χ3v) is 4.42. The molecule has 1 aromatic rings. The van der Waals surface area contributed by atoms with Gasteiger partial charge in [0.05, 0.1) is 6.04 Å². The highest BCUT2D eigenvalue weighted by Crippen LogP contribution is 2.16. The molecule has 7 heteroatoms. The minimum atomic E-state index is 0.0340. The number of aromatic amines is 1. The van der Waals surface area contributed by atoms with Crippen LogP contribution in [-0.4, -0.2) is 51.2 Å². The molecule has 6 nitrogen and oxygen atoms in total. The van der Waals surface area contributed by atoms with Crippen molar-refractivity contribution in [3.63, 3.8) is 0 Å². The Labute approximate surface area is 130 Å². The average Bonchev–Trinajstić information content (AvgIpc) is 2.87. The number of rotatable bonds is 6. The van der Waals surface area contributed by atoms with Crippen LogP contribution in [0.2, 0.25) is 0 Å². The molecule has 118 valence electrons. The van der Waals surface area contributed by atoms with Gasteiger partial charge in [0.25, 0.3) is 0 Å². The Balaban J connectivity index is 1.86. The summed E-state index contributed by atoms with van der Waals surface area (Å²) in [4.78, 5) is 14.6. The largest absolute Gasteiger partial charge is 0.353 e. The second-order valence-electron chi connectivity index (χ2n) is 5.38. The zero-order chi connectivity index (χ0) is 15.2. The summed E-state index contributed by atoms with van der Waals surface area (Å²) in [5.74, 6) is 1.08. The Hall–Kier alpha value is -1.21. The Morgan fingerprint density at radius 1 is 1.48 bits per heavy atom. The number of hydrogen-bond acceptors (Lipinski definition) is 4. The molecule has 1 fully saturated rings. The number of H-pyrrole nitrogens is 1. The highest BCUT2D eigenvalue weighted by atomic mass is 32.1. The third-order valence-electron chi connectivity index (χ3n) is 4.11. The number of nitrogens with one attached hydrogen (secondary N) is 2. The zero-order valence-corrected chi connectivity index (χ0v) is 13.7. The molecule has 0 aromatic carbocycles. The van der Waals surface area contributed by atoms with E-state index in [0.29, 0.717) is 17.9 Å². The molecule has 1 saturated heterocycles. The number of carbonyl (C=O) groups excluding carboxylic acids is 1. The number of aryl methyl sites for hydroxylation is 1. The van der Waals surface area contributed by atoms with Gasteiger partial charge in [0, 0.05) is 19.5 Å². The molecule has 1 aliphatic rings. The maximum absolute atomic E-state index is 12.3. The quantitative estimate of drug-likeness (QED) is 0.781. The minimum absolute atomic E-state index is 0.0340. The molecule has 1 atom stereocenters. The van der Waals surface area contributed by atoms with Crippen LogP contribution in [0.3, 0.4) is 0 Å². The first kappa shape index (κ1) is 16.2. The van der Waals surface area contributed by atoms with Crippen molar-refractivity contribution in [2.24, 2.45) is 0 Å². The summed E-state index contributed by atoms with van der Waals surface area (Å²) in [6, 6.07) is 0.0340. The highest BCUT2D eigenvalue weighted by molar-refractivity contribution is 7.71. The standard InChI is InChI=1S/C14H25N5OS/c1-3-12-16-17-14(21)19(12)10-8-15-13(20)11-7-5-6-9-18(11)4-2/h11H,3-10H2,1-2H3,(H,15,20)(H,17,21). The lowest BCUT2D eigenvalue weighted by Gasteiger charge is -2.33. The molecule has 2 heterocycles. The van der Waals surface area contributed by atoms with E-state index in [1.807, 2.05) is 11.5 Å². The molecular formula is C14H25N5OS. The van der Waals surface area contributed by atoms with Crippen molar-refractivity contribution < 1.29 is 4.79 Å². The van der Waals surface area contributed by atoms with E-state index in [2.05, 4.69) is 27.3 Å². The summed E-state index contributed by atoms with van der Waals surface area (Å²) in [7, 11) is 0. The van der Waals surface area contributed by atoms with Crippen LogP contribution in [0.1, 0.15) is 38.9 Å². The molecule has 0 radical (unpaired) electrons. The second kappa shape index (κ2) is 7.70. The van der Waals surface area contributed by atoms with Crippen LogP contribution in [0, 0.1) is 4.77 Å². The van der Waals surface area contributed by atoms with Crippen LogP contribution in [0.25, 0.3) is 0 Å². The Bertz CT molecular complexity index is 524. The van der Waals surface area contributed by atoms with E-state index in [9.17, 15) is 4.79 Å². The lowest BCUT2D eigenvalue weighted by Crippen LogP contribution is -2.49. The van der Waals surface area contributed by atoms with E-state index in [0.717, 1.165) is 38.2 Å². The van der Waals surface area contributed by atoms with E-state index < -0.39 is 0 Å². The molecule has 1 amide bonds. The average molecular weight is 311 g/mol. The third kappa shape index (κ3) is 3.91. The Kier molecular flexibility index (Phi) is 5.93. The fourth-order valence-electron chi connectivity index (χ4n) is 2.93. The molecular weight excluding hydrogens is 286 g/mol. The van der Waals surface area contributed by atoms with E-state index in [1.54, 1.807) is 0 Å². The molecule has 0 spiro atoms. The maximum Gasteiger partial charge on any atom is 0.237 e. The monoisotopic (exact) mass is 311 g/mol. The van der Waals surface area contributed by atoms with Crippen molar-refractivity contribution in [2.45, 2.75) is 52.1 Å². The van der Waals surface area contributed by atoms with Crippen LogP contribution in [0.4, 0.5) is 0 Å². The summed E-state index contributed by atoms with van der Waals surface area (Å²) >= 11 is 5.20. The SMILES string of the molecule is CCc1n[nH]c(=S)n1CCNC(=O)C1CCCCN1CC. The predicted molar refractivity (Wildman–Crippen MR) is 84.7 cm³/mol. The van der Waals surface area contributed by atoms with Gasteiger partial charge in [0.2, 0.25) is 5.91 Å². The van der Waals surface area contributed by atoms with E-state index in [1.165, 1.54) is 6.42 Å². The van der Waals surface area contributed by atoms with Gasteiger partial charge >= 0.3 is 0 Å². The highest BCUT2D eigenvalue weighted by Gasteiger charge is 2.26. The molecule has 2 N–H and O–H groups in total. The summed E-state index contributed by atoms with van der Waals surface area (Å²) in [5.41, 5.74) is 0. The number of nitrogens with zero attached hydrogens (tertiary/aromatic N) is 3. The van der Waals surface area contributed by atoms with E-state index >= 15 is 0 Å². The smallest absolute Gasteiger partial charge is 0.237 e. The van der Waals surface area contributed by atoms with Crippen molar-refractivity contribution in [2.75, 3.05) is 19.6 Å². The number of piperidine rings is 1. The fourth-order valence-corrected chi connectivity index (χ4v) is 3.17. The molecule has 21 heavy (non-hydrogen) atoms. The number of aromatic nitrogens is 3. The summed E-state index contributed by atoms with van der Waals surface area (Å²) in [6.45, 7) is 7.38. The number of hydrogen-bond donors (Lipinski definition) is 2. The number of likely N-dealkylation sites (N-methyl/N-ethyl adjacent to an activating group) is 1. The van der Waals surface area contributed by atoms with Crippen LogP contribution < -0.4 is 5.32 Å². The lowest BCUT2D eigenvalue weighted by atomic mass is 10.0. The molecule has 1 unspecified atom stereocenters. The maximum atomic E-state index is 12.3. The molecule has 1 aliphatic heterocycles. The van der Waals surface area contributed by atoms with Crippen molar-refractivity contribution in [3.05, 3.63) is 10.6 Å². The first-order valence-corrected chi connectivity index (χ1v) is 8.24. The van der Waals surface area contributed by atoms with Crippen LogP contribution in [0.15, 0.2) is 0 Å². The lowest BCUT2D eigenvalue weighted by molar-refractivity contribution is -0.127. The van der Waals surface area contributed by atoms with Crippen molar-refractivity contribution in [1.29, 1.82) is 0 Å². The molecule has 0 saturated carbocycles. The van der Waals surface area contributed by atoms with Gasteiger partial charge < -0.3 is 9.88 Å². The van der Waals surface area contributed by atoms with Gasteiger partial charge in [-0.05, 0) is 38.1 Å². The summed E-state index contributed by atoms with van der Waals surface area (Å²) < 4.78 is 2.57. The first-order chi connectivity index (χ1) is 10.2. The summed E-state index contributed by atoms with van der Waals surface area (Å²) in [6.07, 6.45) is 4.13. The van der Waals surface area contributed by atoms with Crippen molar-refractivity contribution in [3.8, 4) is 0 Å². The van der Waals surface area contributed by atoms with Crippen molar-refractivity contribution in [1.82, 2.24) is 25.0 Å². The van der Waals surface area contributed by atoms with Gasteiger partial charge in [-0.15, -0.1) is 0 Å². The van der Waals surface area contributed by atoms with Gasteiger partial charge in [-0.25, -0.2) is 0 Å². The van der Waals surface area contributed by atoms with Gasteiger partial charge in [-0.3, -0.25) is 14.8 Å². The van der Waals surface area contributed by atoms with Crippen molar-refractivity contribution >= 4 is 18.1 Å². The molecule has 2 rings (SSSR count). The fraction of sp³-hybridized carbons (Fsp3) is 0.786. The van der Waals surface area contributed by atoms with Crippen LogP contribution in [-0.2, 0) is 17.8 Å². The number of likely N-dealkylation sites (tertiary alicyclic amines) is 1. The number of carbonyl (C=O) groups is 1. The van der Waals surface area contributed by atoms with Gasteiger partial charge in [-0.2, -0.15) is 5.10 Å². The van der Waals surface area contributed by atoms with Gasteiger partial charge in [0.1, 0.15) is 5.82 Å². The molecule has 0 bridgehead atoms. The molecule has 1 aromatic heterocycles. The van der Waals surface area contributed by atoms with Gasteiger partial charge in [-0.1, -0.05) is 20.3 Å². The minimum Gasteiger partial charge on any atom is -0.353 e. The van der Waals surface area contributed by atoms with Crippen LogP contribution >= 0.6 is 12.2 Å². The second-order valence-corrected chi connectivity index (χ2v) is 5.77. The van der Waals surface area contributed by atoms with Gasteiger partial charge in [0.15, 0.2) is 4.77 Å². The Morgan fingerprint density at radius 2 is 2.29 bits per heavy atom. The Morgan fingerprint density at radius 3 is 3.00 bits per heavy atom. The topological polar surface area (TPSA) is 66.0 Å².